The first-order valence-electron chi connectivity index (χ1n) is 7.72. The van der Waals surface area contributed by atoms with Gasteiger partial charge in [0.2, 0.25) is 11.8 Å². The van der Waals surface area contributed by atoms with Crippen molar-refractivity contribution in [2.75, 3.05) is 6.54 Å². The average molecular weight is 332 g/mol. The predicted octanol–water partition coefficient (Wildman–Crippen LogP) is -0.601. The number of fused-ring (bicyclic) bond motifs is 4. The molecule has 0 radical (unpaired) electrons. The molecule has 128 valence electrons. The normalized spacial score (nSPS) is 41.4. The zero-order valence-corrected chi connectivity index (χ0v) is 12.2. The van der Waals surface area contributed by atoms with Crippen molar-refractivity contribution in [2.45, 2.75) is 56.1 Å². The number of rotatable bonds is 2. The van der Waals surface area contributed by atoms with Crippen LogP contribution in [0.4, 0.5) is 8.78 Å². The maximum absolute atomic E-state index is 12.7. The first-order valence-corrected chi connectivity index (χ1v) is 7.72. The number of epoxide rings is 1. The van der Waals surface area contributed by atoms with E-state index in [0.717, 1.165) is 0 Å². The van der Waals surface area contributed by atoms with Gasteiger partial charge in [-0.25, -0.2) is 8.78 Å². The van der Waals surface area contributed by atoms with Gasteiger partial charge in [-0.3, -0.25) is 25.3 Å². The molecule has 3 heterocycles. The lowest BCUT2D eigenvalue weighted by Crippen LogP contribution is -2.63. The molecule has 4 fully saturated rings. The third kappa shape index (κ3) is 2.59. The molecule has 10 heteroatoms. The number of hydrogen-bond donors (Lipinski definition) is 3. The number of nitrogens with one attached hydrogen (secondary N) is 2. The first kappa shape index (κ1) is 15.2. The molecule has 3 N–H and O–H groups in total. The van der Waals surface area contributed by atoms with Gasteiger partial charge in [0.1, 0.15) is 0 Å². The van der Waals surface area contributed by atoms with Crippen LogP contribution >= 0.6 is 0 Å². The van der Waals surface area contributed by atoms with E-state index in [1.54, 1.807) is 0 Å². The average Bonchev–Trinajstić information content (AvgIpc) is 3.28. The molecule has 3 aliphatic heterocycles. The molecule has 23 heavy (non-hydrogen) atoms. The molecular weight excluding hydrogens is 314 g/mol. The minimum atomic E-state index is -2.77. The van der Waals surface area contributed by atoms with Crippen LogP contribution in [0.15, 0.2) is 0 Å². The number of alkyl halides is 2. The Morgan fingerprint density at radius 1 is 1.13 bits per heavy atom. The lowest BCUT2D eigenvalue weighted by molar-refractivity contribution is -0.187. The number of carbonyl (C=O) groups excluding carboxylic acids is 2. The smallest absolute Gasteiger partial charge is 0.255 e. The maximum Gasteiger partial charge on any atom is 0.255 e. The molecule has 5 atom stereocenters. The van der Waals surface area contributed by atoms with Crippen molar-refractivity contribution in [1.82, 2.24) is 20.8 Å². The summed E-state index contributed by atoms with van der Waals surface area (Å²) in [5, 5.41) is 11.0. The Labute approximate surface area is 130 Å². The van der Waals surface area contributed by atoms with E-state index in [1.807, 2.05) is 4.90 Å². The van der Waals surface area contributed by atoms with Crippen LogP contribution in [0.2, 0.25) is 0 Å². The lowest BCUT2D eigenvalue weighted by atomic mass is 9.81. The molecule has 8 nitrogen and oxygen atoms in total. The fraction of sp³-hybridized carbons (Fsp3) is 0.846. The van der Waals surface area contributed by atoms with Crippen molar-refractivity contribution in [3.63, 3.8) is 0 Å². The number of ether oxygens (including phenoxy) is 1. The molecule has 2 amide bonds. The number of halogens is 2. The summed E-state index contributed by atoms with van der Waals surface area (Å²) in [5.74, 6) is -4.50. The maximum atomic E-state index is 12.7. The van der Waals surface area contributed by atoms with Gasteiger partial charge in [0.25, 0.3) is 5.91 Å². The summed E-state index contributed by atoms with van der Waals surface area (Å²) in [6.45, 7) is 0.512. The minimum Gasteiger partial charge on any atom is -0.334 e. The molecule has 5 unspecified atom stereocenters. The van der Waals surface area contributed by atoms with Crippen molar-refractivity contribution in [3.05, 3.63) is 0 Å². The molecule has 4 rings (SSSR count). The van der Waals surface area contributed by atoms with Gasteiger partial charge in [0.15, 0.2) is 12.5 Å². The number of hydroxylamine groups is 2. The summed E-state index contributed by atoms with van der Waals surface area (Å²) < 4.78 is 30.8. The minimum absolute atomic E-state index is 0.0606. The lowest BCUT2D eigenvalue weighted by Gasteiger charge is -2.43. The van der Waals surface area contributed by atoms with Crippen LogP contribution in [0.25, 0.3) is 0 Å². The fourth-order valence-electron chi connectivity index (χ4n) is 3.65. The van der Waals surface area contributed by atoms with E-state index in [9.17, 15) is 23.6 Å². The number of nitrogens with zero attached hydrogens (tertiary/aromatic N) is 2. The molecule has 0 aromatic carbocycles. The first-order chi connectivity index (χ1) is 10.9. The second kappa shape index (κ2) is 5.07. The highest BCUT2D eigenvalue weighted by Crippen LogP contribution is 2.42. The summed E-state index contributed by atoms with van der Waals surface area (Å²) >= 11 is 0. The molecule has 4 aliphatic rings. The van der Waals surface area contributed by atoms with Crippen LogP contribution in [0.1, 0.15) is 25.7 Å². The standard InChI is InChI=1S/C13H18F2N4O4/c14-13(15)3-6(4-13)9(20)16-17-10(21)8-2-1-7-5-18(8)11-12(23-11)19(7)22/h6-8,11-12,22H,1-5H2,(H,16,20)(H,17,21). The van der Waals surface area contributed by atoms with Crippen LogP contribution in [-0.4, -0.2) is 64.0 Å². The number of amides is 2. The van der Waals surface area contributed by atoms with E-state index in [0.29, 0.717) is 19.4 Å². The summed E-state index contributed by atoms with van der Waals surface area (Å²) in [6, 6.07) is -0.521. The van der Waals surface area contributed by atoms with Gasteiger partial charge < -0.3 is 9.94 Å². The molecule has 2 bridgehead atoms. The van der Waals surface area contributed by atoms with Gasteiger partial charge in [-0.15, -0.1) is 0 Å². The quantitative estimate of drug-likeness (QED) is 0.461. The van der Waals surface area contributed by atoms with Gasteiger partial charge >= 0.3 is 0 Å². The summed E-state index contributed by atoms with van der Waals surface area (Å²) in [7, 11) is 0. The summed E-state index contributed by atoms with van der Waals surface area (Å²) in [4.78, 5) is 25.8. The van der Waals surface area contributed by atoms with Gasteiger partial charge in [0.05, 0.1) is 18.0 Å². The third-order valence-corrected chi connectivity index (χ3v) is 5.08. The van der Waals surface area contributed by atoms with Crippen LogP contribution < -0.4 is 10.9 Å². The molecule has 0 aromatic heterocycles. The molecule has 0 aromatic rings. The van der Waals surface area contributed by atoms with E-state index in [2.05, 4.69) is 10.9 Å². The highest BCUT2D eigenvalue weighted by atomic mass is 19.3. The number of piperazine rings is 1. The van der Waals surface area contributed by atoms with E-state index < -0.39 is 42.9 Å². The number of hydrogen-bond acceptors (Lipinski definition) is 6. The summed E-state index contributed by atoms with van der Waals surface area (Å²) in [6.07, 6.45) is -0.492. The van der Waals surface area contributed by atoms with Gasteiger partial charge in [-0.2, -0.15) is 5.06 Å². The molecule has 3 saturated heterocycles. The van der Waals surface area contributed by atoms with Gasteiger partial charge in [-0.1, -0.05) is 0 Å². The van der Waals surface area contributed by atoms with Crippen LogP contribution in [-0.2, 0) is 14.3 Å². The topological polar surface area (TPSA) is 97.4 Å². The second-order valence-electron chi connectivity index (χ2n) is 6.68. The van der Waals surface area contributed by atoms with Crippen LogP contribution in [0.5, 0.6) is 0 Å². The number of hydrazine groups is 1. The van der Waals surface area contributed by atoms with E-state index in [-0.39, 0.29) is 18.2 Å². The molecular formula is C13H18F2N4O4. The second-order valence-corrected chi connectivity index (χ2v) is 6.68. The SMILES string of the molecule is O=C(NNC(=O)C1CCC2CN1C1OC1N2O)C1CC(F)(F)C1. The van der Waals surface area contributed by atoms with Crippen LogP contribution in [0.3, 0.4) is 0 Å². The molecule has 1 saturated carbocycles. The molecule has 1 aliphatic carbocycles. The fourth-order valence-corrected chi connectivity index (χ4v) is 3.65. The van der Waals surface area contributed by atoms with Crippen molar-refractivity contribution < 1.29 is 28.3 Å². The number of carbonyl (C=O) groups is 2. The van der Waals surface area contributed by atoms with E-state index in [1.165, 1.54) is 5.06 Å². The Kier molecular flexibility index (Phi) is 3.34. The Morgan fingerprint density at radius 2 is 1.83 bits per heavy atom. The Hall–Kier alpha value is -1.36. The zero-order chi connectivity index (χ0) is 16.4. The Morgan fingerprint density at radius 3 is 2.52 bits per heavy atom. The predicted molar refractivity (Wildman–Crippen MR) is 69.8 cm³/mol. The largest absolute Gasteiger partial charge is 0.334 e. The number of piperidine rings is 1. The van der Waals surface area contributed by atoms with Gasteiger partial charge in [0, 0.05) is 19.4 Å². The molecule has 0 spiro atoms. The monoisotopic (exact) mass is 332 g/mol. The Bertz CT molecular complexity index is 540. The van der Waals surface area contributed by atoms with Crippen molar-refractivity contribution in [1.29, 1.82) is 0 Å². The van der Waals surface area contributed by atoms with Crippen LogP contribution in [0, 0.1) is 5.92 Å². The third-order valence-electron chi connectivity index (χ3n) is 5.08. The Balaban J connectivity index is 1.29. The van der Waals surface area contributed by atoms with Crippen molar-refractivity contribution in [3.8, 4) is 0 Å². The highest BCUT2D eigenvalue weighted by Gasteiger charge is 2.59. The van der Waals surface area contributed by atoms with E-state index >= 15 is 0 Å². The zero-order valence-electron chi connectivity index (χ0n) is 12.2. The van der Waals surface area contributed by atoms with Gasteiger partial charge in [-0.05, 0) is 12.8 Å². The van der Waals surface area contributed by atoms with Crippen molar-refractivity contribution in [2.24, 2.45) is 5.92 Å². The van der Waals surface area contributed by atoms with Crippen molar-refractivity contribution >= 4 is 11.8 Å². The highest BCUT2D eigenvalue weighted by molar-refractivity contribution is 5.86. The van der Waals surface area contributed by atoms with E-state index in [4.69, 9.17) is 4.74 Å². The summed E-state index contributed by atoms with van der Waals surface area (Å²) in [5.41, 5.74) is 4.56.